The van der Waals surface area contributed by atoms with Crippen molar-refractivity contribution in [3.63, 3.8) is 0 Å². The van der Waals surface area contributed by atoms with Gasteiger partial charge in [0, 0.05) is 23.9 Å². The molecule has 0 saturated heterocycles. The zero-order valence-corrected chi connectivity index (χ0v) is 15.3. The summed E-state index contributed by atoms with van der Waals surface area (Å²) < 4.78 is 12.9. The molecule has 4 N–H and O–H groups in total. The molecule has 26 heavy (non-hydrogen) atoms. The lowest BCUT2D eigenvalue weighted by atomic mass is 10.2. The van der Waals surface area contributed by atoms with E-state index in [-0.39, 0.29) is 16.1 Å². The lowest BCUT2D eigenvalue weighted by Gasteiger charge is -2.11. The van der Waals surface area contributed by atoms with Crippen LogP contribution in [0.2, 0.25) is 0 Å². The van der Waals surface area contributed by atoms with E-state index in [0.717, 1.165) is 0 Å². The molecule has 0 aliphatic carbocycles. The summed E-state index contributed by atoms with van der Waals surface area (Å²) in [6.07, 6.45) is 0. The number of amides is 2. The zero-order valence-electron chi connectivity index (χ0n) is 13.6. The number of rotatable bonds is 3. The van der Waals surface area contributed by atoms with Gasteiger partial charge in [-0.1, -0.05) is 0 Å². The van der Waals surface area contributed by atoms with E-state index in [4.69, 9.17) is 24.4 Å². The molecule has 2 rings (SSSR count). The molecule has 0 unspecified atom stereocenters. The van der Waals surface area contributed by atoms with Crippen molar-refractivity contribution in [1.82, 2.24) is 10.6 Å². The second-order valence-electron chi connectivity index (χ2n) is 5.13. The van der Waals surface area contributed by atoms with Gasteiger partial charge in [-0.05, 0) is 73.0 Å². The number of benzene rings is 2. The second kappa shape index (κ2) is 8.97. The number of nitrogens with one attached hydrogen (secondary N) is 4. The van der Waals surface area contributed by atoms with E-state index in [1.807, 2.05) is 0 Å². The fraction of sp³-hybridized carbons (Fsp3) is 0.0588. The molecule has 0 aliphatic rings. The molecule has 2 aromatic carbocycles. The summed E-state index contributed by atoms with van der Waals surface area (Å²) in [6, 6.07) is 12.0. The van der Waals surface area contributed by atoms with Gasteiger partial charge in [-0.2, -0.15) is 0 Å². The minimum atomic E-state index is -0.443. The first-order valence-electron chi connectivity index (χ1n) is 7.40. The highest BCUT2D eigenvalue weighted by atomic mass is 32.1. The fourth-order valence-electron chi connectivity index (χ4n) is 1.90. The summed E-state index contributed by atoms with van der Waals surface area (Å²) in [4.78, 5) is 22.9. The van der Waals surface area contributed by atoms with Crippen LogP contribution in [0, 0.1) is 5.82 Å². The number of carbonyl (C=O) groups excluding carboxylic acids is 2. The van der Waals surface area contributed by atoms with Gasteiger partial charge in [-0.3, -0.25) is 14.9 Å². The number of thiocarbonyl (C=S) groups is 2. The topological polar surface area (TPSA) is 82.3 Å². The van der Waals surface area contributed by atoms with Gasteiger partial charge in [0.1, 0.15) is 5.82 Å². The molecule has 0 aromatic heterocycles. The van der Waals surface area contributed by atoms with Crippen molar-refractivity contribution in [2.75, 3.05) is 10.6 Å². The van der Waals surface area contributed by atoms with Crippen LogP contribution < -0.4 is 21.3 Å². The van der Waals surface area contributed by atoms with Crippen LogP contribution in [0.15, 0.2) is 48.5 Å². The molecule has 0 radical (unpaired) electrons. The molecule has 134 valence electrons. The standard InChI is InChI=1S/C17H15FN4O2S2/c1-10(23)19-16(25)20-13-6-8-14(9-7-13)21-17(26)22-15(24)11-2-4-12(18)5-3-11/h2-9H,1H3,(H2,19,20,23,25)(H2,21,22,24,26). The van der Waals surface area contributed by atoms with E-state index in [1.54, 1.807) is 24.3 Å². The number of hydrogen-bond acceptors (Lipinski definition) is 4. The van der Waals surface area contributed by atoms with Crippen molar-refractivity contribution in [2.45, 2.75) is 6.92 Å². The molecule has 0 fully saturated rings. The molecule has 6 nitrogen and oxygen atoms in total. The van der Waals surface area contributed by atoms with Crippen LogP contribution in [0.4, 0.5) is 15.8 Å². The first-order valence-corrected chi connectivity index (χ1v) is 8.21. The molecule has 0 atom stereocenters. The summed E-state index contributed by atoms with van der Waals surface area (Å²) in [6.45, 7) is 1.36. The summed E-state index contributed by atoms with van der Waals surface area (Å²) in [5.74, 6) is -1.13. The lowest BCUT2D eigenvalue weighted by molar-refractivity contribution is -0.117. The quantitative estimate of drug-likeness (QED) is 0.604. The average molecular weight is 390 g/mol. The molecule has 2 aromatic rings. The van der Waals surface area contributed by atoms with Gasteiger partial charge in [0.2, 0.25) is 5.91 Å². The minimum Gasteiger partial charge on any atom is -0.332 e. The van der Waals surface area contributed by atoms with E-state index in [9.17, 15) is 14.0 Å². The zero-order chi connectivity index (χ0) is 19.1. The second-order valence-corrected chi connectivity index (χ2v) is 5.94. The molecular weight excluding hydrogens is 375 g/mol. The Morgan fingerprint density at radius 3 is 1.73 bits per heavy atom. The largest absolute Gasteiger partial charge is 0.332 e. The van der Waals surface area contributed by atoms with Crippen molar-refractivity contribution in [1.29, 1.82) is 0 Å². The van der Waals surface area contributed by atoms with Crippen molar-refractivity contribution >= 4 is 57.8 Å². The average Bonchev–Trinajstić information content (AvgIpc) is 2.56. The maximum Gasteiger partial charge on any atom is 0.257 e. The van der Waals surface area contributed by atoms with Gasteiger partial charge in [-0.25, -0.2) is 4.39 Å². The lowest BCUT2D eigenvalue weighted by Crippen LogP contribution is -2.34. The summed E-state index contributed by atoms with van der Waals surface area (Å²) in [5, 5.41) is 11.0. The van der Waals surface area contributed by atoms with E-state index < -0.39 is 11.7 Å². The predicted molar refractivity (Wildman–Crippen MR) is 107 cm³/mol. The highest BCUT2D eigenvalue weighted by molar-refractivity contribution is 7.80. The van der Waals surface area contributed by atoms with E-state index in [0.29, 0.717) is 16.9 Å². The van der Waals surface area contributed by atoms with Crippen LogP contribution in [0.25, 0.3) is 0 Å². The third-order valence-corrected chi connectivity index (χ3v) is 3.43. The molecule has 0 bridgehead atoms. The van der Waals surface area contributed by atoms with Gasteiger partial charge < -0.3 is 16.0 Å². The molecule has 9 heteroatoms. The van der Waals surface area contributed by atoms with Crippen molar-refractivity contribution in [2.24, 2.45) is 0 Å². The van der Waals surface area contributed by atoms with Crippen molar-refractivity contribution in [3.05, 3.63) is 59.9 Å². The SMILES string of the molecule is CC(=O)NC(=S)Nc1ccc(NC(=S)NC(=O)c2ccc(F)cc2)cc1. The Labute approximate surface area is 160 Å². The molecule has 0 spiro atoms. The molecule has 0 saturated carbocycles. The van der Waals surface area contributed by atoms with E-state index in [1.165, 1.54) is 31.2 Å². The summed E-state index contributed by atoms with van der Waals surface area (Å²) in [7, 11) is 0. The van der Waals surface area contributed by atoms with E-state index >= 15 is 0 Å². The van der Waals surface area contributed by atoms with Crippen molar-refractivity contribution in [3.8, 4) is 0 Å². The van der Waals surface area contributed by atoms with Gasteiger partial charge in [0.25, 0.3) is 5.91 Å². The number of hydrogen-bond donors (Lipinski definition) is 4. The third kappa shape index (κ3) is 6.19. The highest BCUT2D eigenvalue weighted by Gasteiger charge is 2.08. The van der Waals surface area contributed by atoms with Crippen LogP contribution in [0.5, 0.6) is 0 Å². The van der Waals surface area contributed by atoms with Gasteiger partial charge in [-0.15, -0.1) is 0 Å². The Hall–Kier alpha value is -2.91. The fourth-order valence-corrected chi connectivity index (χ4v) is 2.37. The van der Waals surface area contributed by atoms with Crippen LogP contribution >= 0.6 is 24.4 Å². The van der Waals surface area contributed by atoms with E-state index in [2.05, 4.69) is 21.3 Å². The summed E-state index contributed by atoms with van der Waals surface area (Å²) in [5.41, 5.74) is 1.61. The Morgan fingerprint density at radius 2 is 1.27 bits per heavy atom. The van der Waals surface area contributed by atoms with Gasteiger partial charge >= 0.3 is 0 Å². The Balaban J connectivity index is 1.88. The van der Waals surface area contributed by atoms with Crippen LogP contribution in [0.3, 0.4) is 0 Å². The van der Waals surface area contributed by atoms with Gasteiger partial charge in [0.05, 0.1) is 0 Å². The molecule has 0 heterocycles. The van der Waals surface area contributed by atoms with Crippen molar-refractivity contribution < 1.29 is 14.0 Å². The predicted octanol–water partition coefficient (Wildman–Crippen LogP) is 2.79. The molecular formula is C17H15FN4O2S2. The first-order chi connectivity index (χ1) is 12.3. The number of carbonyl (C=O) groups is 2. The van der Waals surface area contributed by atoms with Crippen LogP contribution in [0.1, 0.15) is 17.3 Å². The number of halogens is 1. The molecule has 2 amide bonds. The summed E-state index contributed by atoms with van der Waals surface area (Å²) >= 11 is 10.1. The third-order valence-electron chi connectivity index (χ3n) is 3.02. The smallest absolute Gasteiger partial charge is 0.257 e. The van der Waals surface area contributed by atoms with Crippen LogP contribution in [-0.2, 0) is 4.79 Å². The normalized spacial score (nSPS) is 9.77. The van der Waals surface area contributed by atoms with Crippen LogP contribution in [-0.4, -0.2) is 22.0 Å². The first kappa shape index (κ1) is 19.4. The minimum absolute atomic E-state index is 0.105. The Kier molecular flexibility index (Phi) is 6.70. The Morgan fingerprint density at radius 1 is 0.808 bits per heavy atom. The molecule has 0 aliphatic heterocycles. The Bertz CT molecular complexity index is 839. The van der Waals surface area contributed by atoms with Gasteiger partial charge in [0.15, 0.2) is 10.2 Å². The maximum absolute atomic E-state index is 12.9. The number of anilines is 2. The maximum atomic E-state index is 12.9. The highest BCUT2D eigenvalue weighted by Crippen LogP contribution is 2.13. The monoisotopic (exact) mass is 390 g/mol.